The van der Waals surface area contributed by atoms with Crippen LogP contribution in [0.5, 0.6) is 5.75 Å². The summed E-state index contributed by atoms with van der Waals surface area (Å²) in [5, 5.41) is 20.5. The number of pyridine rings is 1. The smallest absolute Gasteiger partial charge is 0.150 e. The maximum absolute atomic E-state index is 9.75. The Labute approximate surface area is 126 Å². The molecule has 0 aliphatic heterocycles. The first-order chi connectivity index (χ1) is 10.3. The molecule has 1 atom stereocenters. The van der Waals surface area contributed by atoms with E-state index in [1.165, 1.54) is 0 Å². The lowest BCUT2D eigenvalue weighted by Gasteiger charge is -2.17. The molecule has 0 amide bonds. The highest BCUT2D eigenvalue weighted by atomic mass is 32.1. The second-order valence-electron chi connectivity index (χ2n) is 4.71. The van der Waals surface area contributed by atoms with E-state index in [1.54, 1.807) is 18.3 Å². The molecule has 5 nitrogen and oxygen atoms in total. The quantitative estimate of drug-likeness (QED) is 0.727. The van der Waals surface area contributed by atoms with Crippen molar-refractivity contribution in [1.82, 2.24) is 20.0 Å². The van der Waals surface area contributed by atoms with Crippen molar-refractivity contribution in [2.24, 2.45) is 0 Å². The van der Waals surface area contributed by atoms with Crippen molar-refractivity contribution >= 4 is 12.2 Å². The summed E-state index contributed by atoms with van der Waals surface area (Å²) >= 11 is 5.26. The average molecular weight is 298 g/mol. The third-order valence-corrected chi connectivity index (χ3v) is 3.82. The molecule has 0 saturated heterocycles. The molecule has 2 N–H and O–H groups in total. The summed E-state index contributed by atoms with van der Waals surface area (Å²) in [6.45, 7) is 0.587. The molecule has 1 unspecified atom stereocenters. The standard InChI is InChI=1S/C15H14N4OS/c20-14-7-4-8-19(15(14)21)10-12(13-9-16-18-17-13)11-5-2-1-3-6-11/h1-9,12,20H,10H2,(H,16,17,18). The molecule has 106 valence electrons. The van der Waals surface area contributed by atoms with Gasteiger partial charge in [-0.15, -0.1) is 0 Å². The number of aromatic hydroxyl groups is 1. The number of rotatable bonds is 4. The van der Waals surface area contributed by atoms with Crippen LogP contribution in [0.4, 0.5) is 0 Å². The van der Waals surface area contributed by atoms with Crippen molar-refractivity contribution in [2.45, 2.75) is 12.5 Å². The van der Waals surface area contributed by atoms with Crippen molar-refractivity contribution in [3.8, 4) is 5.75 Å². The molecule has 6 heteroatoms. The van der Waals surface area contributed by atoms with Crippen LogP contribution in [-0.4, -0.2) is 25.1 Å². The molecule has 0 radical (unpaired) electrons. The predicted molar refractivity (Wildman–Crippen MR) is 81.6 cm³/mol. The van der Waals surface area contributed by atoms with Gasteiger partial charge in [-0.2, -0.15) is 15.4 Å². The first-order valence-corrected chi connectivity index (χ1v) is 6.95. The first kappa shape index (κ1) is 13.5. The average Bonchev–Trinajstić information content (AvgIpc) is 3.04. The number of hydrogen-bond acceptors (Lipinski definition) is 4. The molecular weight excluding hydrogens is 284 g/mol. The Bertz CT molecular complexity index is 768. The van der Waals surface area contributed by atoms with Crippen LogP contribution in [0.25, 0.3) is 0 Å². The SMILES string of the molecule is Oc1cccn(CC(c2ccccc2)c2cn[nH]n2)c1=S. The van der Waals surface area contributed by atoms with Crippen molar-refractivity contribution in [2.75, 3.05) is 0 Å². The number of aromatic amines is 1. The highest BCUT2D eigenvalue weighted by molar-refractivity contribution is 7.71. The van der Waals surface area contributed by atoms with E-state index < -0.39 is 0 Å². The molecular formula is C15H14N4OS. The summed E-state index contributed by atoms with van der Waals surface area (Å²) in [5.74, 6) is 0.123. The molecule has 0 aliphatic carbocycles. The fourth-order valence-electron chi connectivity index (χ4n) is 2.30. The molecule has 3 rings (SSSR count). The number of H-pyrrole nitrogens is 1. The largest absolute Gasteiger partial charge is 0.505 e. The number of nitrogens with one attached hydrogen (secondary N) is 1. The normalized spacial score (nSPS) is 12.2. The zero-order valence-electron chi connectivity index (χ0n) is 11.2. The fourth-order valence-corrected chi connectivity index (χ4v) is 2.50. The second-order valence-corrected chi connectivity index (χ2v) is 5.10. The predicted octanol–water partition coefficient (Wildman–Crippen LogP) is 2.87. The third kappa shape index (κ3) is 2.85. The van der Waals surface area contributed by atoms with E-state index in [1.807, 2.05) is 41.1 Å². The van der Waals surface area contributed by atoms with Crippen LogP contribution in [-0.2, 0) is 6.54 Å². The number of hydrogen-bond donors (Lipinski definition) is 2. The molecule has 0 spiro atoms. The van der Waals surface area contributed by atoms with Crippen LogP contribution in [0.15, 0.2) is 54.9 Å². The molecule has 2 aromatic heterocycles. The van der Waals surface area contributed by atoms with Crippen molar-refractivity contribution in [3.63, 3.8) is 0 Å². The highest BCUT2D eigenvalue weighted by Crippen LogP contribution is 2.25. The van der Waals surface area contributed by atoms with Crippen LogP contribution in [0.1, 0.15) is 17.2 Å². The molecule has 2 heterocycles. The van der Waals surface area contributed by atoms with Crippen LogP contribution in [0.2, 0.25) is 0 Å². The number of aromatic nitrogens is 4. The second kappa shape index (κ2) is 5.88. The molecule has 0 bridgehead atoms. The topological polar surface area (TPSA) is 66.7 Å². The van der Waals surface area contributed by atoms with Gasteiger partial charge in [0.25, 0.3) is 0 Å². The van der Waals surface area contributed by atoms with Gasteiger partial charge in [0.2, 0.25) is 0 Å². The van der Waals surface area contributed by atoms with Crippen molar-refractivity contribution < 1.29 is 5.11 Å². The Morgan fingerprint density at radius 1 is 1.19 bits per heavy atom. The van der Waals surface area contributed by atoms with E-state index in [-0.39, 0.29) is 11.7 Å². The molecule has 0 aliphatic rings. The third-order valence-electron chi connectivity index (χ3n) is 3.37. The van der Waals surface area contributed by atoms with Gasteiger partial charge in [0.1, 0.15) is 10.4 Å². The van der Waals surface area contributed by atoms with E-state index in [0.29, 0.717) is 11.2 Å². The van der Waals surface area contributed by atoms with E-state index in [2.05, 4.69) is 15.4 Å². The molecule has 1 aromatic carbocycles. The minimum absolute atomic E-state index is 0.0125. The zero-order chi connectivity index (χ0) is 14.7. The maximum atomic E-state index is 9.75. The summed E-state index contributed by atoms with van der Waals surface area (Å²) in [6, 6.07) is 13.4. The Morgan fingerprint density at radius 3 is 2.71 bits per heavy atom. The van der Waals surface area contributed by atoms with Gasteiger partial charge in [-0.1, -0.05) is 42.5 Å². The Hall–Kier alpha value is -2.47. The van der Waals surface area contributed by atoms with Crippen LogP contribution in [0, 0.1) is 4.64 Å². The molecule has 0 fully saturated rings. The summed E-state index contributed by atoms with van der Waals surface area (Å²) < 4.78 is 2.26. The monoisotopic (exact) mass is 298 g/mol. The lowest BCUT2D eigenvalue weighted by molar-refractivity contribution is 0.459. The zero-order valence-corrected chi connectivity index (χ0v) is 12.0. The van der Waals surface area contributed by atoms with E-state index in [9.17, 15) is 5.11 Å². The van der Waals surface area contributed by atoms with E-state index in [4.69, 9.17) is 12.2 Å². The first-order valence-electron chi connectivity index (χ1n) is 6.55. The lowest BCUT2D eigenvalue weighted by Crippen LogP contribution is -2.12. The van der Waals surface area contributed by atoms with Gasteiger partial charge in [0.05, 0.1) is 11.9 Å². The lowest BCUT2D eigenvalue weighted by atomic mass is 9.96. The van der Waals surface area contributed by atoms with E-state index in [0.717, 1.165) is 11.3 Å². The minimum atomic E-state index is 0.0125. The summed E-state index contributed by atoms with van der Waals surface area (Å²) in [6.07, 6.45) is 3.57. The van der Waals surface area contributed by atoms with Gasteiger partial charge in [0.15, 0.2) is 0 Å². The van der Waals surface area contributed by atoms with Gasteiger partial charge in [-0.05, 0) is 17.7 Å². The minimum Gasteiger partial charge on any atom is -0.505 e. The Kier molecular flexibility index (Phi) is 3.79. The van der Waals surface area contributed by atoms with Gasteiger partial charge in [-0.25, -0.2) is 0 Å². The summed E-state index contributed by atoms with van der Waals surface area (Å²) in [5.41, 5.74) is 1.96. The Morgan fingerprint density at radius 2 is 2.00 bits per heavy atom. The van der Waals surface area contributed by atoms with Gasteiger partial charge in [-0.3, -0.25) is 0 Å². The molecule has 21 heavy (non-hydrogen) atoms. The highest BCUT2D eigenvalue weighted by Gasteiger charge is 2.17. The van der Waals surface area contributed by atoms with Crippen LogP contribution >= 0.6 is 12.2 Å². The maximum Gasteiger partial charge on any atom is 0.150 e. The summed E-state index contributed by atoms with van der Waals surface area (Å²) in [7, 11) is 0. The van der Waals surface area contributed by atoms with Crippen LogP contribution < -0.4 is 0 Å². The van der Waals surface area contributed by atoms with Crippen molar-refractivity contribution in [1.29, 1.82) is 0 Å². The van der Waals surface area contributed by atoms with E-state index >= 15 is 0 Å². The molecule has 3 aromatic rings. The van der Waals surface area contributed by atoms with Gasteiger partial charge in [0, 0.05) is 18.7 Å². The molecule has 0 saturated carbocycles. The van der Waals surface area contributed by atoms with Gasteiger partial charge >= 0.3 is 0 Å². The van der Waals surface area contributed by atoms with Crippen molar-refractivity contribution in [3.05, 3.63) is 70.8 Å². The fraction of sp³-hybridized carbons (Fsp3) is 0.133. The number of nitrogens with zero attached hydrogens (tertiary/aromatic N) is 3. The number of benzene rings is 1. The summed E-state index contributed by atoms with van der Waals surface area (Å²) in [4.78, 5) is 0. The van der Waals surface area contributed by atoms with Crippen LogP contribution in [0.3, 0.4) is 0 Å². The van der Waals surface area contributed by atoms with Gasteiger partial charge < -0.3 is 9.67 Å². The Balaban J connectivity index is 2.01.